The molecule has 6 N–H and O–H groups in total. The Morgan fingerprint density at radius 3 is 2.36 bits per heavy atom. The number of hydrogen-bond acceptors (Lipinski definition) is 6. The van der Waals surface area contributed by atoms with Gasteiger partial charge < -0.3 is 27.0 Å². The third-order valence-corrected chi connectivity index (χ3v) is 7.52. The van der Waals surface area contributed by atoms with E-state index in [1.165, 1.54) is 25.7 Å². The van der Waals surface area contributed by atoms with Crippen LogP contribution in [0.25, 0.3) is 0 Å². The van der Waals surface area contributed by atoms with Crippen LogP contribution >= 0.6 is 0 Å². The maximum atomic E-state index is 13.0. The minimum atomic E-state index is -0.351. The summed E-state index contributed by atoms with van der Waals surface area (Å²) in [6.07, 6.45) is 15.1. The molecule has 39 heavy (non-hydrogen) atoms. The van der Waals surface area contributed by atoms with E-state index in [9.17, 15) is 9.59 Å². The first kappa shape index (κ1) is 32.5. The second-order valence-electron chi connectivity index (χ2n) is 10.8. The lowest BCUT2D eigenvalue weighted by atomic mass is 9.98. The van der Waals surface area contributed by atoms with Gasteiger partial charge in [0.2, 0.25) is 11.8 Å². The largest absolute Gasteiger partial charge is 0.370 e. The van der Waals surface area contributed by atoms with Gasteiger partial charge >= 0.3 is 0 Å². The highest BCUT2D eigenvalue weighted by Crippen LogP contribution is 2.21. The average molecular weight is 548 g/mol. The number of nitrogens with one attached hydrogen (secondary N) is 2. The number of carbonyl (C=O) groups excluding carboxylic acids is 2. The lowest BCUT2D eigenvalue weighted by molar-refractivity contribution is -0.132. The molecule has 1 aliphatic heterocycles. The number of nitrogens with zero attached hydrogens (tertiary/aromatic N) is 5. The fourth-order valence-electron chi connectivity index (χ4n) is 4.90. The summed E-state index contributed by atoms with van der Waals surface area (Å²) in [6.45, 7) is 9.01. The number of carbonyl (C=O) groups is 2. The molecular weight excluding hydrogens is 494 g/mol. The normalized spacial score (nSPS) is 15.1. The van der Waals surface area contributed by atoms with Crippen molar-refractivity contribution in [1.29, 1.82) is 0 Å². The highest BCUT2D eigenvalue weighted by molar-refractivity contribution is 5.80. The Hall–Kier alpha value is -2.69. The Morgan fingerprint density at radius 2 is 1.69 bits per heavy atom. The van der Waals surface area contributed by atoms with Gasteiger partial charge in [0.15, 0.2) is 5.96 Å². The van der Waals surface area contributed by atoms with Crippen LogP contribution in [0.5, 0.6) is 0 Å². The van der Waals surface area contributed by atoms with Crippen LogP contribution in [0.4, 0.5) is 0 Å². The first-order valence-electron chi connectivity index (χ1n) is 15.1. The van der Waals surface area contributed by atoms with Gasteiger partial charge in [0.1, 0.15) is 6.04 Å². The van der Waals surface area contributed by atoms with Crippen molar-refractivity contribution in [3.8, 4) is 0 Å². The van der Waals surface area contributed by atoms with E-state index in [0.29, 0.717) is 25.4 Å². The summed E-state index contributed by atoms with van der Waals surface area (Å²) < 4.78 is 1.73. The molecule has 1 aliphatic rings. The van der Waals surface area contributed by atoms with Gasteiger partial charge in [-0.2, -0.15) is 0 Å². The van der Waals surface area contributed by atoms with Crippen molar-refractivity contribution in [1.82, 2.24) is 30.5 Å². The first-order valence-corrected chi connectivity index (χ1v) is 15.1. The number of rotatable bonds is 20. The number of aromatic nitrogens is 3. The minimum absolute atomic E-state index is 0.0175. The van der Waals surface area contributed by atoms with Crippen LogP contribution < -0.4 is 22.1 Å². The number of guanidine groups is 1. The molecule has 0 radical (unpaired) electrons. The van der Waals surface area contributed by atoms with E-state index >= 15 is 0 Å². The van der Waals surface area contributed by atoms with Crippen molar-refractivity contribution >= 4 is 17.8 Å². The van der Waals surface area contributed by atoms with Crippen molar-refractivity contribution < 1.29 is 9.59 Å². The standard InChI is InChI=1S/C28H53N9O2/c1-3-23(2)26(37-22-24(34-35-37)14-11-13-17-33-28(29)30)27(39)32-16-12-9-7-5-4-6-8-10-15-25(38)36-20-18-31-19-21-36/h22-23,26,31H,3-21H2,1-2H3,(H,32,39)(H4,29,30,33). The number of hydrogen-bond donors (Lipinski definition) is 4. The number of amides is 2. The maximum Gasteiger partial charge on any atom is 0.245 e. The van der Waals surface area contributed by atoms with Crippen LogP contribution in [-0.2, 0) is 16.0 Å². The Kier molecular flexibility index (Phi) is 16.2. The monoisotopic (exact) mass is 547 g/mol. The first-order chi connectivity index (χ1) is 18.9. The highest BCUT2D eigenvalue weighted by atomic mass is 16.2. The maximum absolute atomic E-state index is 13.0. The van der Waals surface area contributed by atoms with Gasteiger partial charge in [-0.15, -0.1) is 5.10 Å². The molecule has 1 fully saturated rings. The predicted octanol–water partition coefficient (Wildman–Crippen LogP) is 2.52. The topological polar surface area (TPSA) is 157 Å². The van der Waals surface area contributed by atoms with Gasteiger partial charge in [0, 0.05) is 51.9 Å². The van der Waals surface area contributed by atoms with Crippen molar-refractivity contribution in [3.63, 3.8) is 0 Å². The molecule has 11 heteroatoms. The van der Waals surface area contributed by atoms with Crippen molar-refractivity contribution in [2.24, 2.45) is 22.4 Å². The molecule has 2 unspecified atom stereocenters. The fourth-order valence-corrected chi connectivity index (χ4v) is 4.90. The van der Waals surface area contributed by atoms with Gasteiger partial charge in [-0.05, 0) is 38.0 Å². The van der Waals surface area contributed by atoms with E-state index in [-0.39, 0.29) is 23.8 Å². The lowest BCUT2D eigenvalue weighted by Crippen LogP contribution is -2.46. The smallest absolute Gasteiger partial charge is 0.245 e. The van der Waals surface area contributed by atoms with Crippen molar-refractivity contribution in [3.05, 3.63) is 11.9 Å². The van der Waals surface area contributed by atoms with Crippen LogP contribution in [-0.4, -0.2) is 76.9 Å². The van der Waals surface area contributed by atoms with Crippen LogP contribution in [0.2, 0.25) is 0 Å². The number of aliphatic imine (C=N–C) groups is 1. The Balaban J connectivity index is 1.56. The number of nitrogens with two attached hydrogens (primary N) is 2. The highest BCUT2D eigenvalue weighted by Gasteiger charge is 2.27. The van der Waals surface area contributed by atoms with E-state index in [1.807, 2.05) is 11.1 Å². The third-order valence-electron chi connectivity index (χ3n) is 7.52. The van der Waals surface area contributed by atoms with Gasteiger partial charge in [-0.25, -0.2) is 4.68 Å². The molecule has 1 aromatic heterocycles. The summed E-state index contributed by atoms with van der Waals surface area (Å²) in [5.74, 6) is 0.609. The minimum Gasteiger partial charge on any atom is -0.370 e. The molecule has 2 rings (SSSR count). The quantitative estimate of drug-likeness (QED) is 0.111. The van der Waals surface area contributed by atoms with Gasteiger partial charge in [-0.1, -0.05) is 64.0 Å². The Labute approximate surface area is 234 Å². The molecule has 0 aromatic carbocycles. The number of unbranched alkanes of at least 4 members (excludes halogenated alkanes) is 8. The van der Waals surface area contributed by atoms with Crippen molar-refractivity contribution in [2.45, 2.75) is 103 Å². The van der Waals surface area contributed by atoms with Crippen LogP contribution in [0.1, 0.15) is 103 Å². The SMILES string of the molecule is CCC(C)C(C(=O)NCCCCCCCCCCC(=O)N1CCNCC1)n1cc(CCCCN=C(N)N)nn1. The molecule has 2 heterocycles. The summed E-state index contributed by atoms with van der Waals surface area (Å²) in [5, 5.41) is 15.0. The van der Waals surface area contributed by atoms with Crippen LogP contribution in [0.15, 0.2) is 11.2 Å². The predicted molar refractivity (Wildman–Crippen MR) is 156 cm³/mol. The zero-order valence-corrected chi connectivity index (χ0v) is 24.4. The van der Waals surface area contributed by atoms with Crippen LogP contribution in [0.3, 0.4) is 0 Å². The third kappa shape index (κ3) is 13.3. The van der Waals surface area contributed by atoms with Gasteiger partial charge in [-0.3, -0.25) is 14.6 Å². The molecule has 2 amide bonds. The van der Waals surface area contributed by atoms with E-state index in [2.05, 4.69) is 39.8 Å². The molecule has 222 valence electrons. The molecule has 0 saturated carbocycles. The zero-order chi connectivity index (χ0) is 28.3. The number of aryl methyl sites for hydroxylation is 1. The fraction of sp³-hybridized carbons (Fsp3) is 0.821. The molecule has 11 nitrogen and oxygen atoms in total. The molecule has 2 atom stereocenters. The molecular formula is C28H53N9O2. The van der Waals surface area contributed by atoms with Crippen molar-refractivity contribution in [2.75, 3.05) is 39.3 Å². The second kappa shape index (κ2) is 19.4. The zero-order valence-electron chi connectivity index (χ0n) is 24.4. The molecule has 1 saturated heterocycles. The molecule has 1 aromatic rings. The Morgan fingerprint density at radius 1 is 1.03 bits per heavy atom. The summed E-state index contributed by atoms with van der Waals surface area (Å²) in [6, 6.07) is -0.351. The summed E-state index contributed by atoms with van der Waals surface area (Å²) >= 11 is 0. The van der Waals surface area contributed by atoms with E-state index < -0.39 is 0 Å². The van der Waals surface area contributed by atoms with Crippen LogP contribution in [0, 0.1) is 5.92 Å². The Bertz CT molecular complexity index is 848. The summed E-state index contributed by atoms with van der Waals surface area (Å²) in [4.78, 5) is 31.2. The molecule has 0 bridgehead atoms. The molecule has 0 spiro atoms. The lowest BCUT2D eigenvalue weighted by Gasteiger charge is -2.27. The van der Waals surface area contributed by atoms with E-state index in [4.69, 9.17) is 11.5 Å². The van der Waals surface area contributed by atoms with Gasteiger partial charge in [0.05, 0.1) is 5.69 Å². The summed E-state index contributed by atoms with van der Waals surface area (Å²) in [5.41, 5.74) is 11.6. The average Bonchev–Trinajstić information content (AvgIpc) is 3.39. The van der Waals surface area contributed by atoms with E-state index in [1.54, 1.807) is 4.68 Å². The summed E-state index contributed by atoms with van der Waals surface area (Å²) in [7, 11) is 0. The molecule has 0 aliphatic carbocycles. The number of piperazine rings is 1. The van der Waals surface area contributed by atoms with E-state index in [0.717, 1.165) is 83.2 Å². The van der Waals surface area contributed by atoms with Gasteiger partial charge in [0.25, 0.3) is 0 Å². The second-order valence-corrected chi connectivity index (χ2v) is 10.8.